The lowest BCUT2D eigenvalue weighted by atomic mass is 9.95. The number of anilines is 2. The van der Waals surface area contributed by atoms with Crippen molar-refractivity contribution in [2.24, 2.45) is 11.8 Å². The molecule has 8 heteroatoms. The van der Waals surface area contributed by atoms with Crippen molar-refractivity contribution in [3.8, 4) is 0 Å². The van der Waals surface area contributed by atoms with E-state index >= 15 is 0 Å². The number of halogens is 3. The first kappa shape index (κ1) is 25.4. The Morgan fingerprint density at radius 3 is 2.53 bits per heavy atom. The van der Waals surface area contributed by atoms with Gasteiger partial charge in [-0.05, 0) is 62.1 Å². The summed E-state index contributed by atoms with van der Waals surface area (Å²) in [6, 6.07) is 11.5. The van der Waals surface area contributed by atoms with Crippen LogP contribution in [0.25, 0.3) is 0 Å². The lowest BCUT2D eigenvalue weighted by Crippen LogP contribution is -2.42. The van der Waals surface area contributed by atoms with E-state index in [2.05, 4.69) is 16.3 Å². The summed E-state index contributed by atoms with van der Waals surface area (Å²) in [6.07, 6.45) is 2.78. The van der Waals surface area contributed by atoms with Gasteiger partial charge in [0, 0.05) is 60.9 Å². The molecule has 2 aliphatic heterocycles. The molecule has 2 heterocycles. The van der Waals surface area contributed by atoms with Crippen molar-refractivity contribution in [3.05, 3.63) is 57.0 Å². The summed E-state index contributed by atoms with van der Waals surface area (Å²) >= 11 is 18.9. The standard InChI is InChI=1S/C26H32Cl3N3O2/c1-17(22-5-3-20(27)13-24(22)29)30-25-14-21(4-6-23(25)28)31-11-8-19(9-12-31)26(33)32-10-7-18(15-32)16-34-2/h3-6,13-14,17-19,30H,7-12,15-16H2,1-2H3. The third-order valence-electron chi connectivity index (χ3n) is 6.96. The molecule has 2 unspecified atom stereocenters. The second-order valence-electron chi connectivity index (χ2n) is 9.35. The maximum absolute atomic E-state index is 13.0. The maximum Gasteiger partial charge on any atom is 0.225 e. The summed E-state index contributed by atoms with van der Waals surface area (Å²) in [6.45, 7) is 6.17. The maximum atomic E-state index is 13.0. The molecular weight excluding hydrogens is 493 g/mol. The number of carbonyl (C=O) groups excluding carboxylic acids is 1. The van der Waals surface area contributed by atoms with Crippen molar-refractivity contribution < 1.29 is 9.53 Å². The molecule has 2 aromatic rings. The van der Waals surface area contributed by atoms with E-state index in [-0.39, 0.29) is 12.0 Å². The van der Waals surface area contributed by atoms with Crippen molar-refractivity contribution in [3.63, 3.8) is 0 Å². The Morgan fingerprint density at radius 1 is 1.06 bits per heavy atom. The lowest BCUT2D eigenvalue weighted by molar-refractivity contribution is -0.135. The number of benzene rings is 2. The van der Waals surface area contributed by atoms with Gasteiger partial charge in [-0.1, -0.05) is 40.9 Å². The quantitative estimate of drug-likeness (QED) is 0.447. The molecule has 2 aromatic carbocycles. The molecule has 2 aliphatic rings. The van der Waals surface area contributed by atoms with Crippen LogP contribution in [0.1, 0.15) is 37.8 Å². The Bertz CT molecular complexity index is 1010. The normalized spacial score (nSPS) is 20.0. The first-order valence-corrected chi connectivity index (χ1v) is 13.0. The van der Waals surface area contributed by atoms with Gasteiger partial charge in [-0.3, -0.25) is 4.79 Å². The van der Waals surface area contributed by atoms with Crippen LogP contribution in [0.2, 0.25) is 15.1 Å². The molecule has 1 N–H and O–H groups in total. The number of nitrogens with one attached hydrogen (secondary N) is 1. The minimum absolute atomic E-state index is 0.0386. The number of hydrogen-bond donors (Lipinski definition) is 1. The highest BCUT2D eigenvalue weighted by Crippen LogP contribution is 2.35. The van der Waals surface area contributed by atoms with Crippen LogP contribution < -0.4 is 10.2 Å². The van der Waals surface area contributed by atoms with Crippen LogP contribution in [0.4, 0.5) is 11.4 Å². The monoisotopic (exact) mass is 523 g/mol. The van der Waals surface area contributed by atoms with Crippen LogP contribution in [0, 0.1) is 11.8 Å². The highest BCUT2D eigenvalue weighted by Gasteiger charge is 2.33. The number of ether oxygens (including phenoxy) is 1. The Kier molecular flexibility index (Phi) is 8.52. The summed E-state index contributed by atoms with van der Waals surface area (Å²) < 4.78 is 5.27. The topological polar surface area (TPSA) is 44.8 Å². The number of nitrogens with zero attached hydrogens (tertiary/aromatic N) is 2. The van der Waals surface area contributed by atoms with Crippen LogP contribution >= 0.6 is 34.8 Å². The number of carbonyl (C=O) groups is 1. The lowest BCUT2D eigenvalue weighted by Gasteiger charge is -2.35. The van der Waals surface area contributed by atoms with Crippen molar-refractivity contribution in [2.75, 3.05) is 50.1 Å². The van der Waals surface area contributed by atoms with Gasteiger partial charge in [0.1, 0.15) is 0 Å². The molecule has 5 nitrogen and oxygen atoms in total. The van der Waals surface area contributed by atoms with E-state index in [1.807, 2.05) is 36.1 Å². The van der Waals surface area contributed by atoms with Crippen molar-refractivity contribution in [2.45, 2.75) is 32.2 Å². The molecule has 184 valence electrons. The van der Waals surface area contributed by atoms with Gasteiger partial charge in [-0.25, -0.2) is 0 Å². The fourth-order valence-corrected chi connectivity index (χ4v) is 5.78. The zero-order chi connectivity index (χ0) is 24.2. The molecule has 4 rings (SSSR count). The van der Waals surface area contributed by atoms with Gasteiger partial charge in [0.2, 0.25) is 5.91 Å². The predicted octanol–water partition coefficient (Wildman–Crippen LogP) is 6.53. The van der Waals surface area contributed by atoms with Gasteiger partial charge in [-0.2, -0.15) is 0 Å². The zero-order valence-corrected chi connectivity index (χ0v) is 22.0. The minimum atomic E-state index is -0.0386. The Labute approximate surface area is 217 Å². The molecule has 2 atom stereocenters. The molecule has 34 heavy (non-hydrogen) atoms. The summed E-state index contributed by atoms with van der Waals surface area (Å²) in [5.74, 6) is 0.888. The van der Waals surface area contributed by atoms with E-state index in [1.54, 1.807) is 13.2 Å². The van der Waals surface area contributed by atoms with Gasteiger partial charge in [0.15, 0.2) is 0 Å². The number of piperidine rings is 1. The number of hydrogen-bond acceptors (Lipinski definition) is 4. The van der Waals surface area contributed by atoms with Gasteiger partial charge >= 0.3 is 0 Å². The van der Waals surface area contributed by atoms with Crippen molar-refractivity contribution >= 4 is 52.1 Å². The van der Waals surface area contributed by atoms with Crippen LogP contribution in [-0.2, 0) is 9.53 Å². The number of likely N-dealkylation sites (tertiary alicyclic amines) is 1. The summed E-state index contributed by atoms with van der Waals surface area (Å²) in [5.41, 5.74) is 2.92. The first-order chi connectivity index (χ1) is 16.4. The van der Waals surface area contributed by atoms with Gasteiger partial charge in [0.25, 0.3) is 0 Å². The molecule has 2 fully saturated rings. The number of methoxy groups -OCH3 is 1. The Balaban J connectivity index is 1.36. The van der Waals surface area contributed by atoms with Crippen LogP contribution in [0.5, 0.6) is 0 Å². The van der Waals surface area contributed by atoms with E-state index < -0.39 is 0 Å². The van der Waals surface area contributed by atoms with E-state index in [1.165, 1.54) is 0 Å². The molecule has 0 saturated carbocycles. The summed E-state index contributed by atoms with van der Waals surface area (Å²) in [7, 11) is 1.73. The van der Waals surface area contributed by atoms with Crippen molar-refractivity contribution in [1.29, 1.82) is 0 Å². The van der Waals surface area contributed by atoms with Gasteiger partial charge in [0.05, 0.1) is 23.4 Å². The molecule has 0 radical (unpaired) electrons. The Hall–Kier alpha value is -1.66. The highest BCUT2D eigenvalue weighted by atomic mass is 35.5. The zero-order valence-electron chi connectivity index (χ0n) is 19.7. The molecule has 0 bridgehead atoms. The number of rotatable bonds is 7. The van der Waals surface area contributed by atoms with E-state index in [4.69, 9.17) is 39.5 Å². The fraction of sp³-hybridized carbons (Fsp3) is 0.500. The Morgan fingerprint density at radius 2 is 1.82 bits per heavy atom. The van der Waals surface area contributed by atoms with Crippen molar-refractivity contribution in [1.82, 2.24) is 4.90 Å². The molecule has 0 spiro atoms. The minimum Gasteiger partial charge on any atom is -0.384 e. The average molecular weight is 525 g/mol. The second kappa shape index (κ2) is 11.4. The largest absolute Gasteiger partial charge is 0.384 e. The molecule has 2 saturated heterocycles. The smallest absolute Gasteiger partial charge is 0.225 e. The summed E-state index contributed by atoms with van der Waals surface area (Å²) in [5, 5.41) is 5.38. The van der Waals surface area contributed by atoms with Gasteiger partial charge < -0.3 is 19.9 Å². The third-order valence-corrected chi connectivity index (χ3v) is 7.85. The average Bonchev–Trinajstić information content (AvgIpc) is 3.29. The number of amides is 1. The van der Waals surface area contributed by atoms with Crippen LogP contribution in [0.3, 0.4) is 0 Å². The predicted molar refractivity (Wildman–Crippen MR) is 141 cm³/mol. The molecule has 0 aromatic heterocycles. The highest BCUT2D eigenvalue weighted by molar-refractivity contribution is 6.35. The molecule has 0 aliphatic carbocycles. The van der Waals surface area contributed by atoms with E-state index in [9.17, 15) is 4.79 Å². The SMILES string of the molecule is COCC1CCN(C(=O)C2CCN(c3ccc(Cl)c(NC(C)c4ccc(Cl)cc4Cl)c3)CC2)C1. The van der Waals surface area contributed by atoms with E-state index in [0.717, 1.165) is 69.0 Å². The second-order valence-corrected chi connectivity index (χ2v) is 10.6. The molecule has 1 amide bonds. The third kappa shape index (κ3) is 5.93. The summed E-state index contributed by atoms with van der Waals surface area (Å²) in [4.78, 5) is 17.4. The first-order valence-electron chi connectivity index (χ1n) is 11.9. The molecular formula is C26H32Cl3N3O2. The van der Waals surface area contributed by atoms with Crippen LogP contribution in [-0.4, -0.2) is 50.7 Å². The van der Waals surface area contributed by atoms with E-state index in [0.29, 0.717) is 26.9 Å². The fourth-order valence-electron chi connectivity index (χ4n) is 5.03. The van der Waals surface area contributed by atoms with Crippen LogP contribution in [0.15, 0.2) is 36.4 Å². The van der Waals surface area contributed by atoms with Gasteiger partial charge in [-0.15, -0.1) is 0 Å².